The summed E-state index contributed by atoms with van der Waals surface area (Å²) < 4.78 is 10.2. The molecule has 23 heavy (non-hydrogen) atoms. The minimum absolute atomic E-state index is 0.288. The fourth-order valence-corrected chi connectivity index (χ4v) is 1.95. The van der Waals surface area contributed by atoms with Crippen LogP contribution in [0.4, 0.5) is 5.69 Å². The van der Waals surface area contributed by atoms with E-state index in [9.17, 15) is 9.59 Å². The maximum atomic E-state index is 12.1. The van der Waals surface area contributed by atoms with E-state index in [4.69, 9.17) is 16.3 Å². The number of amides is 1. The molecule has 2 rings (SSSR count). The molecule has 2 aromatic rings. The predicted molar refractivity (Wildman–Crippen MR) is 88.0 cm³/mol. The van der Waals surface area contributed by atoms with E-state index in [-0.39, 0.29) is 5.91 Å². The fraction of sp³-hybridized carbons (Fsp3) is 0.176. The molecule has 1 amide bonds. The van der Waals surface area contributed by atoms with Crippen molar-refractivity contribution in [2.24, 2.45) is 0 Å². The summed E-state index contributed by atoms with van der Waals surface area (Å²) in [6, 6.07) is 13.2. The highest BCUT2D eigenvalue weighted by Crippen LogP contribution is 2.16. The number of methoxy groups -OCH3 is 1. The van der Waals surface area contributed by atoms with Gasteiger partial charge in [0.1, 0.15) is 5.75 Å². The number of hydrogen-bond donors (Lipinski definition) is 1. The third-order valence-corrected chi connectivity index (χ3v) is 3.32. The molecule has 0 aliphatic carbocycles. The second-order valence-corrected chi connectivity index (χ2v) is 5.21. The molecule has 0 aliphatic rings. The Morgan fingerprint density at radius 3 is 2.22 bits per heavy atom. The highest BCUT2D eigenvalue weighted by molar-refractivity contribution is 6.30. The predicted octanol–water partition coefficient (Wildman–Crippen LogP) is 3.53. The minimum atomic E-state index is -0.699. The molecule has 0 aromatic heterocycles. The van der Waals surface area contributed by atoms with Gasteiger partial charge in [-0.3, -0.25) is 4.79 Å². The van der Waals surface area contributed by atoms with Gasteiger partial charge in [0.25, 0.3) is 5.91 Å². The molecule has 0 fully saturated rings. The van der Waals surface area contributed by atoms with Gasteiger partial charge < -0.3 is 14.8 Å². The lowest BCUT2D eigenvalue weighted by atomic mass is 10.2. The Kier molecular flexibility index (Phi) is 5.60. The van der Waals surface area contributed by atoms with Crippen molar-refractivity contribution in [3.8, 4) is 5.75 Å². The smallest absolute Gasteiger partial charge is 0.337 e. The van der Waals surface area contributed by atoms with Crippen LogP contribution in [0.5, 0.6) is 5.75 Å². The van der Waals surface area contributed by atoms with Crippen molar-refractivity contribution in [1.82, 2.24) is 0 Å². The number of benzene rings is 2. The van der Waals surface area contributed by atoms with Crippen molar-refractivity contribution in [1.29, 1.82) is 0 Å². The normalized spacial score (nSPS) is 11.4. The standard InChI is InChI=1S/C17H16ClNO4/c1-11(16(20)19-14-7-5-13(18)6-8-14)23-15-9-3-12(4-10-15)17(21)22-2/h3-11H,1-2H3,(H,19,20)/t11-/m0/s1. The Balaban J connectivity index is 1.95. The molecule has 120 valence electrons. The molecule has 1 N–H and O–H groups in total. The molecule has 0 unspecified atom stereocenters. The summed E-state index contributed by atoms with van der Waals surface area (Å²) in [5.74, 6) is -0.231. The van der Waals surface area contributed by atoms with Crippen molar-refractivity contribution in [3.63, 3.8) is 0 Å². The summed E-state index contributed by atoms with van der Waals surface area (Å²) in [5.41, 5.74) is 1.05. The van der Waals surface area contributed by atoms with Crippen molar-refractivity contribution in [2.75, 3.05) is 12.4 Å². The van der Waals surface area contributed by atoms with Crippen LogP contribution in [0.15, 0.2) is 48.5 Å². The monoisotopic (exact) mass is 333 g/mol. The SMILES string of the molecule is COC(=O)c1ccc(O[C@@H](C)C(=O)Nc2ccc(Cl)cc2)cc1. The number of rotatable bonds is 5. The van der Waals surface area contributed by atoms with E-state index in [1.165, 1.54) is 7.11 Å². The first-order valence-corrected chi connectivity index (χ1v) is 7.29. The average molecular weight is 334 g/mol. The molecule has 0 aliphatic heterocycles. The minimum Gasteiger partial charge on any atom is -0.481 e. The number of carbonyl (C=O) groups is 2. The third kappa shape index (κ3) is 4.72. The number of nitrogens with one attached hydrogen (secondary N) is 1. The maximum absolute atomic E-state index is 12.1. The molecule has 6 heteroatoms. The van der Waals surface area contributed by atoms with Gasteiger partial charge in [-0.2, -0.15) is 0 Å². The van der Waals surface area contributed by atoms with Gasteiger partial charge in [-0.05, 0) is 55.5 Å². The van der Waals surface area contributed by atoms with Gasteiger partial charge in [-0.15, -0.1) is 0 Å². The highest BCUT2D eigenvalue weighted by Gasteiger charge is 2.15. The molecular formula is C17H16ClNO4. The molecule has 0 saturated carbocycles. The number of esters is 1. The third-order valence-electron chi connectivity index (χ3n) is 3.07. The van der Waals surface area contributed by atoms with E-state index in [2.05, 4.69) is 10.1 Å². The summed E-state index contributed by atoms with van der Waals surface area (Å²) in [4.78, 5) is 23.4. The Hall–Kier alpha value is -2.53. The lowest BCUT2D eigenvalue weighted by Gasteiger charge is -2.15. The Morgan fingerprint density at radius 1 is 1.04 bits per heavy atom. The lowest BCUT2D eigenvalue weighted by Crippen LogP contribution is -2.30. The zero-order valence-corrected chi connectivity index (χ0v) is 13.5. The molecule has 0 spiro atoms. The van der Waals surface area contributed by atoms with E-state index in [1.807, 2.05) is 0 Å². The number of halogens is 1. The Bertz CT molecular complexity index is 683. The van der Waals surface area contributed by atoms with Crippen LogP contribution in [-0.2, 0) is 9.53 Å². The van der Waals surface area contributed by atoms with E-state index in [1.54, 1.807) is 55.5 Å². The number of hydrogen-bond acceptors (Lipinski definition) is 4. The summed E-state index contributed by atoms with van der Waals surface area (Å²) in [5, 5.41) is 3.33. The van der Waals surface area contributed by atoms with Crippen LogP contribution in [0, 0.1) is 0 Å². The molecule has 0 radical (unpaired) electrons. The molecule has 0 heterocycles. The van der Waals surface area contributed by atoms with Crippen LogP contribution in [0.2, 0.25) is 5.02 Å². The topological polar surface area (TPSA) is 64.6 Å². The zero-order valence-electron chi connectivity index (χ0n) is 12.7. The second-order valence-electron chi connectivity index (χ2n) is 4.77. The summed E-state index contributed by atoms with van der Waals surface area (Å²) in [7, 11) is 1.32. The van der Waals surface area contributed by atoms with Gasteiger partial charge in [-0.1, -0.05) is 11.6 Å². The maximum Gasteiger partial charge on any atom is 0.337 e. The second kappa shape index (κ2) is 7.65. The van der Waals surface area contributed by atoms with Gasteiger partial charge in [0, 0.05) is 10.7 Å². The first kappa shape index (κ1) is 16.8. The Labute approximate surface area is 139 Å². The van der Waals surface area contributed by atoms with Gasteiger partial charge >= 0.3 is 5.97 Å². The fourth-order valence-electron chi connectivity index (χ4n) is 1.82. The van der Waals surface area contributed by atoms with Crippen LogP contribution >= 0.6 is 11.6 Å². The quantitative estimate of drug-likeness (QED) is 0.850. The van der Waals surface area contributed by atoms with Gasteiger partial charge in [-0.25, -0.2) is 4.79 Å². The molecular weight excluding hydrogens is 318 g/mol. The number of anilines is 1. The van der Waals surface area contributed by atoms with E-state index in [0.717, 1.165) is 0 Å². The average Bonchev–Trinajstić information content (AvgIpc) is 2.56. The first-order chi connectivity index (χ1) is 11.0. The van der Waals surface area contributed by atoms with Gasteiger partial charge in [0.15, 0.2) is 6.10 Å². The van der Waals surface area contributed by atoms with E-state index < -0.39 is 12.1 Å². The molecule has 0 bridgehead atoms. The van der Waals surface area contributed by atoms with Crippen LogP contribution in [-0.4, -0.2) is 25.1 Å². The van der Waals surface area contributed by atoms with Crippen LogP contribution in [0.1, 0.15) is 17.3 Å². The summed E-state index contributed by atoms with van der Waals surface area (Å²) in [6.45, 7) is 1.64. The van der Waals surface area contributed by atoms with E-state index in [0.29, 0.717) is 22.0 Å². The zero-order chi connectivity index (χ0) is 16.8. The van der Waals surface area contributed by atoms with E-state index >= 15 is 0 Å². The molecule has 5 nitrogen and oxygen atoms in total. The van der Waals surface area contributed by atoms with Crippen molar-refractivity contribution in [3.05, 3.63) is 59.1 Å². The van der Waals surface area contributed by atoms with Gasteiger partial charge in [0.05, 0.1) is 12.7 Å². The van der Waals surface area contributed by atoms with Crippen molar-refractivity contribution >= 4 is 29.2 Å². The van der Waals surface area contributed by atoms with Crippen molar-refractivity contribution < 1.29 is 19.1 Å². The van der Waals surface area contributed by atoms with Gasteiger partial charge in [0.2, 0.25) is 0 Å². The molecule has 0 saturated heterocycles. The van der Waals surface area contributed by atoms with Crippen LogP contribution < -0.4 is 10.1 Å². The molecule has 2 aromatic carbocycles. The van der Waals surface area contributed by atoms with Crippen LogP contribution in [0.3, 0.4) is 0 Å². The Morgan fingerprint density at radius 2 is 1.65 bits per heavy atom. The highest BCUT2D eigenvalue weighted by atomic mass is 35.5. The molecule has 1 atom stereocenters. The lowest BCUT2D eigenvalue weighted by molar-refractivity contribution is -0.122. The first-order valence-electron chi connectivity index (χ1n) is 6.91. The van der Waals surface area contributed by atoms with Crippen LogP contribution in [0.25, 0.3) is 0 Å². The summed E-state index contributed by atoms with van der Waals surface area (Å²) in [6.07, 6.45) is -0.699. The summed E-state index contributed by atoms with van der Waals surface area (Å²) >= 11 is 5.79. The number of carbonyl (C=O) groups excluding carboxylic acids is 2. The number of ether oxygens (including phenoxy) is 2. The largest absolute Gasteiger partial charge is 0.481 e. The van der Waals surface area contributed by atoms with Crippen molar-refractivity contribution in [2.45, 2.75) is 13.0 Å².